The SMILES string of the molecule is Brc1ccc(-c2cnn(CCCc3ccccc3)c2)cc1. The van der Waals surface area contributed by atoms with Gasteiger partial charge >= 0.3 is 0 Å². The molecular weight excluding hydrogens is 324 g/mol. The van der Waals surface area contributed by atoms with E-state index in [4.69, 9.17) is 0 Å². The largest absolute Gasteiger partial charge is 0.272 e. The number of aryl methyl sites for hydroxylation is 2. The van der Waals surface area contributed by atoms with Crippen molar-refractivity contribution in [3.05, 3.63) is 77.0 Å². The molecule has 0 amide bonds. The van der Waals surface area contributed by atoms with E-state index in [9.17, 15) is 0 Å². The number of aromatic nitrogens is 2. The molecule has 0 atom stereocenters. The van der Waals surface area contributed by atoms with Crippen LogP contribution in [0.25, 0.3) is 11.1 Å². The van der Waals surface area contributed by atoms with Crippen LogP contribution >= 0.6 is 15.9 Å². The van der Waals surface area contributed by atoms with Crippen LogP contribution in [0.4, 0.5) is 0 Å². The summed E-state index contributed by atoms with van der Waals surface area (Å²) in [6.45, 7) is 0.950. The molecule has 0 fully saturated rings. The predicted octanol–water partition coefficient (Wildman–Crippen LogP) is 4.95. The molecule has 0 spiro atoms. The lowest BCUT2D eigenvalue weighted by atomic mass is 10.1. The Bertz CT molecular complexity index is 687. The van der Waals surface area contributed by atoms with Gasteiger partial charge in [-0.1, -0.05) is 58.4 Å². The third-order valence-corrected chi connectivity index (χ3v) is 4.03. The Morgan fingerprint density at radius 1 is 0.905 bits per heavy atom. The highest BCUT2D eigenvalue weighted by molar-refractivity contribution is 9.10. The molecule has 0 saturated carbocycles. The lowest BCUT2D eigenvalue weighted by Crippen LogP contribution is -1.99. The van der Waals surface area contributed by atoms with E-state index in [2.05, 4.69) is 81.8 Å². The summed E-state index contributed by atoms with van der Waals surface area (Å²) in [5.41, 5.74) is 3.76. The molecule has 1 aromatic heterocycles. The first-order valence-electron chi connectivity index (χ1n) is 7.13. The summed E-state index contributed by atoms with van der Waals surface area (Å²) in [7, 11) is 0. The van der Waals surface area contributed by atoms with Gasteiger partial charge < -0.3 is 0 Å². The van der Waals surface area contributed by atoms with E-state index in [-0.39, 0.29) is 0 Å². The molecule has 0 unspecified atom stereocenters. The van der Waals surface area contributed by atoms with Crippen LogP contribution in [0.15, 0.2) is 71.5 Å². The Labute approximate surface area is 133 Å². The van der Waals surface area contributed by atoms with Crippen LogP contribution in [0.1, 0.15) is 12.0 Å². The zero-order chi connectivity index (χ0) is 14.5. The Morgan fingerprint density at radius 3 is 2.43 bits per heavy atom. The van der Waals surface area contributed by atoms with Gasteiger partial charge in [-0.2, -0.15) is 5.10 Å². The van der Waals surface area contributed by atoms with Crippen LogP contribution in [-0.4, -0.2) is 9.78 Å². The van der Waals surface area contributed by atoms with E-state index in [1.807, 2.05) is 10.9 Å². The third-order valence-electron chi connectivity index (χ3n) is 3.51. The fourth-order valence-corrected chi connectivity index (χ4v) is 2.63. The predicted molar refractivity (Wildman–Crippen MR) is 90.1 cm³/mol. The molecular formula is C18H17BrN2. The minimum Gasteiger partial charge on any atom is -0.272 e. The average Bonchev–Trinajstić information content (AvgIpc) is 2.98. The fourth-order valence-electron chi connectivity index (χ4n) is 2.37. The van der Waals surface area contributed by atoms with Gasteiger partial charge in [-0.15, -0.1) is 0 Å². The Hall–Kier alpha value is -1.87. The fraction of sp³-hybridized carbons (Fsp3) is 0.167. The smallest absolute Gasteiger partial charge is 0.0568 e. The van der Waals surface area contributed by atoms with Gasteiger partial charge in [0.1, 0.15) is 0 Å². The Morgan fingerprint density at radius 2 is 1.67 bits per heavy atom. The lowest BCUT2D eigenvalue weighted by Gasteiger charge is -2.02. The second kappa shape index (κ2) is 6.72. The van der Waals surface area contributed by atoms with Crippen LogP contribution in [0.3, 0.4) is 0 Å². The molecule has 0 radical (unpaired) electrons. The third kappa shape index (κ3) is 3.82. The average molecular weight is 341 g/mol. The second-order valence-electron chi connectivity index (χ2n) is 5.09. The zero-order valence-electron chi connectivity index (χ0n) is 11.7. The van der Waals surface area contributed by atoms with Crippen LogP contribution in [0, 0.1) is 0 Å². The minimum atomic E-state index is 0.950. The maximum atomic E-state index is 4.45. The Balaban J connectivity index is 1.59. The van der Waals surface area contributed by atoms with Gasteiger partial charge in [-0.25, -0.2) is 0 Å². The molecule has 3 heteroatoms. The summed E-state index contributed by atoms with van der Waals surface area (Å²) >= 11 is 3.46. The summed E-state index contributed by atoms with van der Waals surface area (Å²) < 4.78 is 3.13. The molecule has 0 aliphatic carbocycles. The van der Waals surface area contributed by atoms with Gasteiger partial charge in [-0.05, 0) is 36.1 Å². The quantitative estimate of drug-likeness (QED) is 0.642. The van der Waals surface area contributed by atoms with Gasteiger partial charge in [0.2, 0.25) is 0 Å². The first-order valence-corrected chi connectivity index (χ1v) is 7.93. The summed E-state index contributed by atoms with van der Waals surface area (Å²) in [5, 5.41) is 4.45. The van der Waals surface area contributed by atoms with Crippen molar-refractivity contribution in [3.63, 3.8) is 0 Å². The molecule has 3 rings (SSSR count). The second-order valence-corrected chi connectivity index (χ2v) is 6.00. The number of hydrogen-bond donors (Lipinski definition) is 0. The van der Waals surface area contributed by atoms with Crippen molar-refractivity contribution < 1.29 is 0 Å². The van der Waals surface area contributed by atoms with Crippen molar-refractivity contribution in [2.75, 3.05) is 0 Å². The highest BCUT2D eigenvalue weighted by Gasteiger charge is 2.02. The van der Waals surface area contributed by atoms with E-state index >= 15 is 0 Å². The van der Waals surface area contributed by atoms with Crippen molar-refractivity contribution in [1.29, 1.82) is 0 Å². The van der Waals surface area contributed by atoms with Gasteiger partial charge in [0.15, 0.2) is 0 Å². The molecule has 1 heterocycles. The molecule has 0 aliphatic rings. The number of rotatable bonds is 5. The van der Waals surface area contributed by atoms with Gasteiger partial charge in [-0.3, -0.25) is 4.68 Å². The van der Waals surface area contributed by atoms with Crippen LogP contribution < -0.4 is 0 Å². The molecule has 106 valence electrons. The summed E-state index contributed by atoms with van der Waals surface area (Å²) in [5.74, 6) is 0. The monoisotopic (exact) mass is 340 g/mol. The number of nitrogens with zero attached hydrogens (tertiary/aromatic N) is 2. The summed E-state index contributed by atoms with van der Waals surface area (Å²) in [4.78, 5) is 0. The molecule has 0 aliphatic heterocycles. The van der Waals surface area contributed by atoms with Gasteiger partial charge in [0, 0.05) is 22.8 Å². The molecule has 2 aromatic carbocycles. The summed E-state index contributed by atoms with van der Waals surface area (Å²) in [6.07, 6.45) is 6.25. The normalized spacial score (nSPS) is 10.7. The van der Waals surface area contributed by atoms with E-state index in [0.29, 0.717) is 0 Å². The number of benzene rings is 2. The highest BCUT2D eigenvalue weighted by atomic mass is 79.9. The van der Waals surface area contributed by atoms with E-state index in [1.54, 1.807) is 0 Å². The first-order chi connectivity index (χ1) is 10.3. The van der Waals surface area contributed by atoms with Crippen LogP contribution in [-0.2, 0) is 13.0 Å². The summed E-state index contributed by atoms with van der Waals surface area (Å²) in [6, 6.07) is 18.9. The zero-order valence-corrected chi connectivity index (χ0v) is 13.3. The van der Waals surface area contributed by atoms with E-state index < -0.39 is 0 Å². The van der Waals surface area contributed by atoms with Gasteiger partial charge in [0.05, 0.1) is 6.20 Å². The van der Waals surface area contributed by atoms with Crippen molar-refractivity contribution in [3.8, 4) is 11.1 Å². The molecule has 0 saturated heterocycles. The lowest BCUT2D eigenvalue weighted by molar-refractivity contribution is 0.579. The standard InChI is InChI=1S/C18H17BrN2/c19-18-10-8-16(9-11-18)17-13-20-21(14-17)12-4-7-15-5-2-1-3-6-15/h1-3,5-6,8-11,13-14H,4,7,12H2. The molecule has 3 aromatic rings. The van der Waals surface area contributed by atoms with Crippen LogP contribution in [0.5, 0.6) is 0 Å². The maximum Gasteiger partial charge on any atom is 0.0568 e. The molecule has 0 bridgehead atoms. The molecule has 21 heavy (non-hydrogen) atoms. The van der Waals surface area contributed by atoms with E-state index in [0.717, 1.165) is 23.9 Å². The minimum absolute atomic E-state index is 0.950. The van der Waals surface area contributed by atoms with Crippen molar-refractivity contribution in [2.24, 2.45) is 0 Å². The topological polar surface area (TPSA) is 17.8 Å². The number of hydrogen-bond acceptors (Lipinski definition) is 1. The van der Waals surface area contributed by atoms with Gasteiger partial charge in [0.25, 0.3) is 0 Å². The number of halogens is 1. The molecule has 0 N–H and O–H groups in total. The van der Waals surface area contributed by atoms with Crippen molar-refractivity contribution in [1.82, 2.24) is 9.78 Å². The maximum absolute atomic E-state index is 4.45. The molecule has 2 nitrogen and oxygen atoms in total. The van der Waals surface area contributed by atoms with Crippen LogP contribution in [0.2, 0.25) is 0 Å². The van der Waals surface area contributed by atoms with E-state index in [1.165, 1.54) is 16.7 Å². The Kier molecular flexibility index (Phi) is 4.51. The highest BCUT2D eigenvalue weighted by Crippen LogP contribution is 2.21. The first kappa shape index (κ1) is 14.1. The van der Waals surface area contributed by atoms with Crippen molar-refractivity contribution >= 4 is 15.9 Å². The van der Waals surface area contributed by atoms with Crippen molar-refractivity contribution in [2.45, 2.75) is 19.4 Å².